The minimum absolute atomic E-state index is 0.122. The molecule has 0 aliphatic carbocycles. The summed E-state index contributed by atoms with van der Waals surface area (Å²) in [6.07, 6.45) is 0. The van der Waals surface area contributed by atoms with Crippen molar-refractivity contribution in [3.8, 4) is 0 Å². The van der Waals surface area contributed by atoms with E-state index < -0.39 is 11.6 Å². The fourth-order valence-corrected chi connectivity index (χ4v) is 2.40. The van der Waals surface area contributed by atoms with Crippen molar-refractivity contribution in [1.29, 1.82) is 0 Å². The fourth-order valence-electron chi connectivity index (χ4n) is 1.35. The van der Waals surface area contributed by atoms with Gasteiger partial charge in [0, 0.05) is 11.8 Å². The molecule has 0 radical (unpaired) electrons. The van der Waals surface area contributed by atoms with Crippen LogP contribution in [-0.2, 0) is 0 Å². The molecule has 0 saturated heterocycles. The summed E-state index contributed by atoms with van der Waals surface area (Å²) in [6.45, 7) is 4.02. The lowest BCUT2D eigenvalue weighted by Crippen LogP contribution is -2.15. The van der Waals surface area contributed by atoms with E-state index in [4.69, 9.17) is 0 Å². The highest BCUT2D eigenvalue weighted by Crippen LogP contribution is 2.28. The molecule has 0 atom stereocenters. The summed E-state index contributed by atoms with van der Waals surface area (Å²) in [6, 6.07) is 3.45. The van der Waals surface area contributed by atoms with Crippen LogP contribution in [0, 0.1) is 11.6 Å². The van der Waals surface area contributed by atoms with E-state index in [0.717, 1.165) is 11.8 Å². The van der Waals surface area contributed by atoms with Gasteiger partial charge in [-0.15, -0.1) is 0 Å². The van der Waals surface area contributed by atoms with Crippen LogP contribution in [0.25, 0.3) is 0 Å². The first-order valence-electron chi connectivity index (χ1n) is 4.91. The lowest BCUT2D eigenvalue weighted by atomic mass is 10.1. The fraction of sp³-hybridized carbons (Fsp3) is 0.364. The molecule has 1 heterocycles. The van der Waals surface area contributed by atoms with Crippen molar-refractivity contribution in [2.24, 2.45) is 4.99 Å². The maximum atomic E-state index is 13.3. The predicted molar refractivity (Wildman–Crippen MR) is 64.0 cm³/mol. The molecule has 2 rings (SSSR count). The normalized spacial score (nSPS) is 18.4. The smallest absolute Gasteiger partial charge is 0.161 e. The molecule has 0 amide bonds. The van der Waals surface area contributed by atoms with Gasteiger partial charge in [0.1, 0.15) is 11.6 Å². The van der Waals surface area contributed by atoms with Crippen molar-refractivity contribution < 1.29 is 8.78 Å². The molecular weight excluding hydrogens is 230 g/mol. The van der Waals surface area contributed by atoms with Crippen LogP contribution in [0.4, 0.5) is 14.5 Å². The predicted octanol–water partition coefficient (Wildman–Crippen LogP) is 3.26. The average Bonchev–Trinajstić information content (AvgIpc) is 2.51. The van der Waals surface area contributed by atoms with E-state index in [1.54, 1.807) is 0 Å². The number of nitrogens with one attached hydrogen (secondary N) is 1. The number of benzene rings is 1. The Morgan fingerprint density at radius 2 is 2.12 bits per heavy atom. The van der Waals surface area contributed by atoms with Crippen molar-refractivity contribution in [3.05, 3.63) is 29.8 Å². The Kier molecular flexibility index (Phi) is 2.88. The third-order valence-electron chi connectivity index (χ3n) is 2.14. The number of aliphatic imine (C=N–C) groups is 1. The molecule has 0 unspecified atom stereocenters. The number of thioether (sulfide) groups is 1. The van der Waals surface area contributed by atoms with E-state index in [1.807, 2.05) is 13.8 Å². The molecule has 1 aromatic rings. The third-order valence-corrected chi connectivity index (χ3v) is 3.46. The minimum atomic E-state index is -0.604. The zero-order valence-corrected chi connectivity index (χ0v) is 9.87. The van der Waals surface area contributed by atoms with Gasteiger partial charge < -0.3 is 5.32 Å². The Balaban J connectivity index is 2.16. The second-order valence-electron chi connectivity index (χ2n) is 4.27. The van der Waals surface area contributed by atoms with E-state index in [0.29, 0.717) is 5.17 Å². The third kappa shape index (κ3) is 2.52. The number of hydrogen-bond acceptors (Lipinski definition) is 3. The Bertz CT molecular complexity index is 444. The zero-order chi connectivity index (χ0) is 11.8. The maximum Gasteiger partial charge on any atom is 0.161 e. The molecule has 1 N–H and O–H groups in total. The molecule has 5 heteroatoms. The van der Waals surface area contributed by atoms with Gasteiger partial charge in [-0.2, -0.15) is 0 Å². The minimum Gasteiger partial charge on any atom is -0.333 e. The van der Waals surface area contributed by atoms with Gasteiger partial charge in [-0.05, 0) is 26.0 Å². The largest absolute Gasteiger partial charge is 0.333 e. The molecule has 86 valence electrons. The highest BCUT2D eigenvalue weighted by atomic mass is 32.2. The molecule has 0 fully saturated rings. The average molecular weight is 242 g/mol. The summed E-state index contributed by atoms with van der Waals surface area (Å²) >= 11 is 1.54. The number of rotatable bonds is 1. The second kappa shape index (κ2) is 4.05. The SMILES string of the molecule is CC1(C)CSC(Nc2ccc(F)cc2F)=N1. The zero-order valence-electron chi connectivity index (χ0n) is 9.05. The Hall–Kier alpha value is -1.10. The van der Waals surface area contributed by atoms with Gasteiger partial charge >= 0.3 is 0 Å². The first kappa shape index (κ1) is 11.4. The van der Waals surface area contributed by atoms with Crippen molar-refractivity contribution in [2.45, 2.75) is 19.4 Å². The summed E-state index contributed by atoms with van der Waals surface area (Å²) in [5, 5.41) is 3.54. The molecule has 1 aliphatic heterocycles. The summed E-state index contributed by atoms with van der Waals surface area (Å²) in [5.41, 5.74) is 0.133. The van der Waals surface area contributed by atoms with Crippen LogP contribution in [-0.4, -0.2) is 16.5 Å². The van der Waals surface area contributed by atoms with Gasteiger partial charge in [-0.25, -0.2) is 8.78 Å². The van der Waals surface area contributed by atoms with Gasteiger partial charge in [0.15, 0.2) is 5.17 Å². The van der Waals surface area contributed by atoms with Crippen LogP contribution < -0.4 is 5.32 Å². The summed E-state index contributed by atoms with van der Waals surface area (Å²) < 4.78 is 26.0. The van der Waals surface area contributed by atoms with Crippen molar-refractivity contribution in [1.82, 2.24) is 0 Å². The van der Waals surface area contributed by atoms with Gasteiger partial charge in [0.2, 0.25) is 0 Å². The number of amidine groups is 1. The quantitative estimate of drug-likeness (QED) is 0.817. The molecule has 1 aromatic carbocycles. The summed E-state index contributed by atoms with van der Waals surface area (Å²) in [4.78, 5) is 4.39. The highest BCUT2D eigenvalue weighted by Gasteiger charge is 2.25. The number of hydrogen-bond donors (Lipinski definition) is 1. The summed E-state index contributed by atoms with van der Waals surface area (Å²) in [5.74, 6) is -0.324. The molecule has 16 heavy (non-hydrogen) atoms. The lowest BCUT2D eigenvalue weighted by Gasteiger charge is -2.09. The lowest BCUT2D eigenvalue weighted by molar-refractivity contribution is 0.585. The molecular formula is C11H12F2N2S. The van der Waals surface area contributed by atoms with Crippen molar-refractivity contribution >= 4 is 22.6 Å². The standard InChI is InChI=1S/C11H12F2N2S/c1-11(2)6-16-10(15-11)14-9-4-3-7(12)5-8(9)13/h3-5H,6H2,1-2H3,(H,14,15). The molecule has 0 saturated carbocycles. The first-order chi connectivity index (χ1) is 7.46. The second-order valence-corrected chi connectivity index (χ2v) is 5.23. The maximum absolute atomic E-state index is 13.3. The molecule has 0 spiro atoms. The van der Waals surface area contributed by atoms with Gasteiger partial charge in [-0.3, -0.25) is 4.99 Å². The molecule has 0 bridgehead atoms. The van der Waals surface area contributed by atoms with Crippen LogP contribution in [0.1, 0.15) is 13.8 Å². The van der Waals surface area contributed by atoms with E-state index in [1.165, 1.54) is 23.9 Å². The van der Waals surface area contributed by atoms with E-state index in [-0.39, 0.29) is 11.2 Å². The number of anilines is 1. The monoisotopic (exact) mass is 242 g/mol. The van der Waals surface area contributed by atoms with Crippen LogP contribution in [0.3, 0.4) is 0 Å². The van der Waals surface area contributed by atoms with E-state index in [2.05, 4.69) is 10.3 Å². The van der Waals surface area contributed by atoms with Crippen LogP contribution in [0.15, 0.2) is 23.2 Å². The van der Waals surface area contributed by atoms with E-state index >= 15 is 0 Å². The van der Waals surface area contributed by atoms with Crippen molar-refractivity contribution in [3.63, 3.8) is 0 Å². The van der Waals surface area contributed by atoms with Crippen molar-refractivity contribution in [2.75, 3.05) is 11.1 Å². The van der Waals surface area contributed by atoms with Crippen LogP contribution >= 0.6 is 11.8 Å². The van der Waals surface area contributed by atoms with Gasteiger partial charge in [0.25, 0.3) is 0 Å². The Morgan fingerprint density at radius 3 is 2.69 bits per heavy atom. The number of halogens is 2. The Morgan fingerprint density at radius 1 is 1.38 bits per heavy atom. The van der Waals surface area contributed by atoms with Crippen LogP contribution in [0.5, 0.6) is 0 Å². The number of nitrogens with zero attached hydrogens (tertiary/aromatic N) is 1. The topological polar surface area (TPSA) is 24.4 Å². The summed E-state index contributed by atoms with van der Waals surface area (Å²) in [7, 11) is 0. The first-order valence-corrected chi connectivity index (χ1v) is 5.90. The molecule has 0 aromatic heterocycles. The molecule has 2 nitrogen and oxygen atoms in total. The van der Waals surface area contributed by atoms with Gasteiger partial charge in [0.05, 0.1) is 11.2 Å². The van der Waals surface area contributed by atoms with Crippen LogP contribution in [0.2, 0.25) is 0 Å². The highest BCUT2D eigenvalue weighted by molar-refractivity contribution is 8.14. The van der Waals surface area contributed by atoms with E-state index in [9.17, 15) is 8.78 Å². The Labute approximate surface area is 97.1 Å². The van der Waals surface area contributed by atoms with Gasteiger partial charge in [-0.1, -0.05) is 11.8 Å². The molecule has 1 aliphatic rings.